The summed E-state index contributed by atoms with van der Waals surface area (Å²) in [6.07, 6.45) is 3.16. The van der Waals surface area contributed by atoms with E-state index in [2.05, 4.69) is 11.9 Å². The molecule has 1 aromatic heterocycles. The van der Waals surface area contributed by atoms with Crippen molar-refractivity contribution in [2.45, 2.75) is 33.2 Å². The average molecular weight is 236 g/mol. The number of esters is 1. The quantitative estimate of drug-likeness (QED) is 0.719. The van der Waals surface area contributed by atoms with Gasteiger partial charge >= 0.3 is 5.97 Å². The van der Waals surface area contributed by atoms with Gasteiger partial charge in [0.1, 0.15) is 11.4 Å². The van der Waals surface area contributed by atoms with E-state index in [1.54, 1.807) is 11.5 Å². The third kappa shape index (κ3) is 2.23. The van der Waals surface area contributed by atoms with E-state index >= 15 is 0 Å². The van der Waals surface area contributed by atoms with Crippen LogP contribution >= 0.6 is 0 Å². The first-order valence-corrected chi connectivity index (χ1v) is 5.89. The molecule has 0 amide bonds. The molecule has 0 saturated carbocycles. The maximum Gasteiger partial charge on any atom is 0.345 e. The van der Waals surface area contributed by atoms with Gasteiger partial charge in [0.05, 0.1) is 6.61 Å². The Bertz CT molecular complexity index is 493. The lowest BCUT2D eigenvalue weighted by Gasteiger charge is -2.22. The van der Waals surface area contributed by atoms with Gasteiger partial charge in [-0.1, -0.05) is 6.92 Å². The van der Waals surface area contributed by atoms with Gasteiger partial charge in [-0.25, -0.2) is 9.78 Å². The molecule has 5 heteroatoms. The van der Waals surface area contributed by atoms with Crippen molar-refractivity contribution in [1.82, 2.24) is 9.55 Å². The Morgan fingerprint density at radius 1 is 1.65 bits per heavy atom. The molecule has 0 saturated heterocycles. The van der Waals surface area contributed by atoms with E-state index in [1.807, 2.05) is 0 Å². The molecular formula is C12H16N2O3. The number of hydrogen-bond donors (Lipinski definition) is 0. The highest BCUT2D eigenvalue weighted by atomic mass is 16.5. The van der Waals surface area contributed by atoms with Crippen LogP contribution < -0.4 is 5.56 Å². The van der Waals surface area contributed by atoms with E-state index < -0.39 is 5.97 Å². The van der Waals surface area contributed by atoms with E-state index in [-0.39, 0.29) is 17.7 Å². The Balaban J connectivity index is 2.42. The highest BCUT2D eigenvalue weighted by molar-refractivity contribution is 5.88. The summed E-state index contributed by atoms with van der Waals surface area (Å²) in [6.45, 7) is 4.70. The zero-order chi connectivity index (χ0) is 12.4. The Morgan fingerprint density at radius 2 is 2.41 bits per heavy atom. The van der Waals surface area contributed by atoms with Crippen LogP contribution in [0.4, 0.5) is 0 Å². The largest absolute Gasteiger partial charge is 0.462 e. The molecule has 17 heavy (non-hydrogen) atoms. The predicted octanol–water partition coefficient (Wildman–Crippen LogP) is 1.00. The second-order valence-corrected chi connectivity index (χ2v) is 4.37. The molecule has 1 aliphatic heterocycles. The maximum atomic E-state index is 12.1. The Kier molecular flexibility index (Phi) is 3.26. The second-order valence-electron chi connectivity index (χ2n) is 4.37. The molecule has 1 aromatic rings. The molecule has 92 valence electrons. The molecule has 0 spiro atoms. The number of hydrogen-bond acceptors (Lipinski definition) is 4. The van der Waals surface area contributed by atoms with Gasteiger partial charge in [-0.05, 0) is 19.3 Å². The molecule has 1 unspecified atom stereocenters. The van der Waals surface area contributed by atoms with Gasteiger partial charge in [0.25, 0.3) is 5.56 Å². The number of fused-ring (bicyclic) bond motifs is 1. The molecule has 0 N–H and O–H groups in total. The summed E-state index contributed by atoms with van der Waals surface area (Å²) in [5, 5.41) is 0. The van der Waals surface area contributed by atoms with Gasteiger partial charge in [-0.2, -0.15) is 0 Å². The van der Waals surface area contributed by atoms with Crippen LogP contribution in [0.25, 0.3) is 0 Å². The van der Waals surface area contributed by atoms with Crippen LogP contribution in [0.2, 0.25) is 0 Å². The van der Waals surface area contributed by atoms with Crippen molar-refractivity contribution in [1.29, 1.82) is 0 Å². The minimum atomic E-state index is -0.585. The first-order chi connectivity index (χ1) is 8.13. The van der Waals surface area contributed by atoms with Crippen LogP contribution in [0, 0.1) is 5.92 Å². The zero-order valence-corrected chi connectivity index (χ0v) is 10.1. The van der Waals surface area contributed by atoms with Crippen LogP contribution in [0.1, 0.15) is 36.5 Å². The van der Waals surface area contributed by atoms with Gasteiger partial charge in [0.15, 0.2) is 0 Å². The van der Waals surface area contributed by atoms with Crippen LogP contribution in [0.5, 0.6) is 0 Å². The molecule has 2 heterocycles. The second kappa shape index (κ2) is 4.69. The average Bonchev–Trinajstić information content (AvgIpc) is 2.30. The smallest absolute Gasteiger partial charge is 0.345 e. The number of rotatable bonds is 2. The van der Waals surface area contributed by atoms with Crippen molar-refractivity contribution in [3.8, 4) is 0 Å². The van der Waals surface area contributed by atoms with Crippen molar-refractivity contribution in [3.63, 3.8) is 0 Å². The van der Waals surface area contributed by atoms with Crippen molar-refractivity contribution < 1.29 is 9.53 Å². The Labute approximate surface area is 99.4 Å². The Morgan fingerprint density at radius 3 is 3.12 bits per heavy atom. The number of ether oxygens (including phenoxy) is 1. The summed E-state index contributed by atoms with van der Waals surface area (Å²) in [5.41, 5.74) is -0.246. The van der Waals surface area contributed by atoms with Gasteiger partial charge in [0.2, 0.25) is 0 Å². The predicted molar refractivity (Wildman–Crippen MR) is 61.9 cm³/mol. The molecule has 5 nitrogen and oxygen atoms in total. The standard InChI is InChI=1S/C12H16N2O3/c1-3-17-12(16)9-6-13-10-5-4-8(2)7-14(10)11(9)15/h6,8H,3-5,7H2,1-2H3. The van der Waals surface area contributed by atoms with Gasteiger partial charge in [-0.15, -0.1) is 0 Å². The molecule has 0 fully saturated rings. The summed E-state index contributed by atoms with van der Waals surface area (Å²) < 4.78 is 6.43. The molecule has 0 aromatic carbocycles. The molecule has 2 rings (SSSR count). The SMILES string of the molecule is CCOC(=O)c1cnc2n(c1=O)CC(C)CC2. The fourth-order valence-corrected chi connectivity index (χ4v) is 2.04. The fourth-order valence-electron chi connectivity index (χ4n) is 2.04. The number of aromatic nitrogens is 2. The third-order valence-electron chi connectivity index (χ3n) is 2.98. The van der Waals surface area contributed by atoms with Gasteiger partial charge < -0.3 is 4.74 Å². The topological polar surface area (TPSA) is 61.2 Å². The number of carbonyl (C=O) groups excluding carboxylic acids is 1. The number of nitrogens with zero attached hydrogens (tertiary/aromatic N) is 2. The monoisotopic (exact) mass is 236 g/mol. The summed E-state index contributed by atoms with van der Waals surface area (Å²) in [7, 11) is 0. The maximum absolute atomic E-state index is 12.1. The molecule has 0 bridgehead atoms. The van der Waals surface area contributed by atoms with E-state index in [0.717, 1.165) is 18.7 Å². The molecule has 1 atom stereocenters. The number of aryl methyl sites for hydroxylation is 1. The van der Waals surface area contributed by atoms with Crippen molar-refractivity contribution in [2.24, 2.45) is 5.92 Å². The Hall–Kier alpha value is -1.65. The third-order valence-corrected chi connectivity index (χ3v) is 2.98. The van der Waals surface area contributed by atoms with E-state index in [9.17, 15) is 9.59 Å². The normalized spacial score (nSPS) is 18.6. The van der Waals surface area contributed by atoms with E-state index in [0.29, 0.717) is 12.5 Å². The molecule has 1 aliphatic rings. The van der Waals surface area contributed by atoms with E-state index in [4.69, 9.17) is 4.74 Å². The molecular weight excluding hydrogens is 220 g/mol. The summed E-state index contributed by atoms with van der Waals surface area (Å²) >= 11 is 0. The lowest BCUT2D eigenvalue weighted by Crippen LogP contribution is -2.35. The van der Waals surface area contributed by atoms with Crippen LogP contribution in [-0.4, -0.2) is 22.1 Å². The van der Waals surface area contributed by atoms with Crippen molar-refractivity contribution >= 4 is 5.97 Å². The summed E-state index contributed by atoms with van der Waals surface area (Å²) in [4.78, 5) is 27.8. The molecule has 0 aliphatic carbocycles. The van der Waals surface area contributed by atoms with Crippen LogP contribution in [0.3, 0.4) is 0 Å². The van der Waals surface area contributed by atoms with E-state index in [1.165, 1.54) is 6.20 Å². The minimum Gasteiger partial charge on any atom is -0.462 e. The van der Waals surface area contributed by atoms with Crippen LogP contribution in [-0.2, 0) is 17.7 Å². The van der Waals surface area contributed by atoms with Gasteiger partial charge in [0, 0.05) is 19.2 Å². The first kappa shape index (κ1) is 11.8. The first-order valence-electron chi connectivity index (χ1n) is 5.89. The minimum absolute atomic E-state index is 0.0321. The van der Waals surface area contributed by atoms with Gasteiger partial charge in [-0.3, -0.25) is 9.36 Å². The fraction of sp³-hybridized carbons (Fsp3) is 0.583. The highest BCUT2D eigenvalue weighted by Gasteiger charge is 2.21. The molecule has 0 radical (unpaired) electrons. The lowest BCUT2D eigenvalue weighted by molar-refractivity contribution is 0.0522. The zero-order valence-electron chi connectivity index (χ0n) is 10.1. The van der Waals surface area contributed by atoms with Crippen LogP contribution in [0.15, 0.2) is 11.0 Å². The van der Waals surface area contributed by atoms with Crippen molar-refractivity contribution in [2.75, 3.05) is 6.61 Å². The van der Waals surface area contributed by atoms with Crippen molar-refractivity contribution in [3.05, 3.63) is 27.9 Å². The number of carbonyl (C=O) groups is 1. The summed E-state index contributed by atoms with van der Waals surface area (Å²) in [6, 6.07) is 0. The lowest BCUT2D eigenvalue weighted by atomic mass is 10.0. The highest BCUT2D eigenvalue weighted by Crippen LogP contribution is 2.15. The summed E-state index contributed by atoms with van der Waals surface area (Å²) in [5.74, 6) is 0.624.